The van der Waals surface area contributed by atoms with Crippen LogP contribution in [0.3, 0.4) is 0 Å². The predicted octanol–water partition coefficient (Wildman–Crippen LogP) is 7.34. The third-order valence-corrected chi connectivity index (χ3v) is 6.06. The van der Waals surface area contributed by atoms with Crippen molar-refractivity contribution >= 4 is 17.2 Å². The van der Waals surface area contributed by atoms with Crippen molar-refractivity contribution in [2.45, 2.75) is 71.1 Å². The Balaban J connectivity index is 1.70. The molecule has 0 amide bonds. The van der Waals surface area contributed by atoms with Crippen molar-refractivity contribution in [2.24, 2.45) is 0 Å². The minimum Gasteiger partial charge on any atom is -0.378 e. The first-order valence-electron chi connectivity index (χ1n) is 12.2. The molecule has 0 aliphatic rings. The van der Waals surface area contributed by atoms with E-state index in [0.717, 1.165) is 23.4 Å². The Bertz CT molecular complexity index is 750. The van der Waals surface area contributed by atoms with Crippen molar-refractivity contribution in [3.05, 3.63) is 59.7 Å². The third kappa shape index (κ3) is 8.77. The van der Waals surface area contributed by atoms with E-state index in [-0.39, 0.29) is 5.78 Å². The molecule has 0 saturated carbocycles. The van der Waals surface area contributed by atoms with Crippen LogP contribution in [0, 0.1) is 0 Å². The molecule has 0 atom stereocenters. The summed E-state index contributed by atoms with van der Waals surface area (Å²) in [7, 11) is 6.15. The van der Waals surface area contributed by atoms with Gasteiger partial charge >= 0.3 is 0 Å². The Hall–Kier alpha value is -2.29. The third-order valence-electron chi connectivity index (χ3n) is 6.06. The molecule has 2 aromatic rings. The second-order valence-electron chi connectivity index (χ2n) is 8.92. The quantitative estimate of drug-likeness (QED) is 0.221. The van der Waals surface area contributed by atoms with E-state index in [2.05, 4.69) is 31.0 Å². The van der Waals surface area contributed by atoms with Gasteiger partial charge in [-0.25, -0.2) is 0 Å². The van der Waals surface area contributed by atoms with Crippen LogP contribution in [-0.2, 0) is 0 Å². The fourth-order valence-corrected chi connectivity index (χ4v) is 3.91. The molecule has 0 bridgehead atoms. The molecular formula is C28H42N2O. The fourth-order valence-electron chi connectivity index (χ4n) is 3.91. The molecule has 0 fully saturated rings. The summed E-state index contributed by atoms with van der Waals surface area (Å²) in [5, 5.41) is 0. The summed E-state index contributed by atoms with van der Waals surface area (Å²) in [5.41, 5.74) is 3.75. The smallest absolute Gasteiger partial charge is 0.193 e. The van der Waals surface area contributed by atoms with E-state index in [1.807, 2.05) is 55.4 Å². The van der Waals surface area contributed by atoms with Crippen molar-refractivity contribution < 1.29 is 4.79 Å². The largest absolute Gasteiger partial charge is 0.378 e. The van der Waals surface area contributed by atoms with E-state index in [1.54, 1.807) is 0 Å². The summed E-state index contributed by atoms with van der Waals surface area (Å²) in [6, 6.07) is 15.8. The first kappa shape index (κ1) is 25.0. The molecule has 0 unspecified atom stereocenters. The van der Waals surface area contributed by atoms with Gasteiger partial charge in [0.2, 0.25) is 0 Å². The maximum Gasteiger partial charge on any atom is 0.193 e. The molecule has 0 N–H and O–H groups in total. The summed E-state index contributed by atoms with van der Waals surface area (Å²) in [6.45, 7) is 3.34. The van der Waals surface area contributed by atoms with Gasteiger partial charge in [-0.2, -0.15) is 0 Å². The number of rotatable bonds is 15. The average Bonchev–Trinajstić information content (AvgIpc) is 2.80. The van der Waals surface area contributed by atoms with Crippen LogP contribution in [0.15, 0.2) is 48.5 Å². The van der Waals surface area contributed by atoms with Crippen molar-refractivity contribution in [3.8, 4) is 0 Å². The van der Waals surface area contributed by atoms with E-state index in [1.165, 1.54) is 69.9 Å². The van der Waals surface area contributed by atoms with Gasteiger partial charge in [-0.3, -0.25) is 4.79 Å². The van der Waals surface area contributed by atoms with Gasteiger partial charge in [0.1, 0.15) is 0 Å². The number of carbonyl (C=O) groups is 1. The van der Waals surface area contributed by atoms with Crippen LogP contribution in [0.25, 0.3) is 0 Å². The van der Waals surface area contributed by atoms with Crippen molar-refractivity contribution in [3.63, 3.8) is 0 Å². The Morgan fingerprint density at radius 2 is 1.03 bits per heavy atom. The number of unbranched alkanes of at least 4 members (excludes halogenated alkanes) is 9. The second-order valence-corrected chi connectivity index (χ2v) is 8.92. The maximum absolute atomic E-state index is 12.8. The summed E-state index contributed by atoms with van der Waals surface area (Å²) in [6.07, 6.45) is 13.6. The zero-order valence-corrected chi connectivity index (χ0v) is 20.2. The zero-order chi connectivity index (χ0) is 22.5. The van der Waals surface area contributed by atoms with Gasteiger partial charge in [0, 0.05) is 50.2 Å². The first-order chi connectivity index (χ1) is 15.0. The minimum absolute atomic E-state index is 0.0780. The molecule has 0 aromatic heterocycles. The van der Waals surface area contributed by atoms with E-state index < -0.39 is 0 Å². The number of ketones is 1. The molecule has 31 heavy (non-hydrogen) atoms. The lowest BCUT2D eigenvalue weighted by molar-refractivity contribution is 0.103. The van der Waals surface area contributed by atoms with Crippen LogP contribution in [0.1, 0.15) is 87.1 Å². The number of nitrogens with zero attached hydrogens (tertiary/aromatic N) is 2. The lowest BCUT2D eigenvalue weighted by Crippen LogP contribution is -2.18. The van der Waals surface area contributed by atoms with Crippen molar-refractivity contribution in [2.75, 3.05) is 37.5 Å². The van der Waals surface area contributed by atoms with Gasteiger partial charge in [-0.05, 0) is 55.0 Å². The molecule has 0 heterocycles. The molecule has 0 aliphatic heterocycles. The standard InChI is InChI=1S/C28H42N2O/c1-5-6-7-8-9-10-11-12-13-14-23-30(4)27-21-17-25(18-22-27)28(31)24-15-19-26(20-16-24)29(2)3/h15-22H,5-14,23H2,1-4H3. The predicted molar refractivity (Wildman–Crippen MR) is 136 cm³/mol. The van der Waals surface area contributed by atoms with E-state index in [0.29, 0.717) is 0 Å². The molecule has 3 heteroatoms. The van der Waals surface area contributed by atoms with E-state index in [4.69, 9.17) is 0 Å². The highest BCUT2D eigenvalue weighted by Gasteiger charge is 2.10. The first-order valence-corrected chi connectivity index (χ1v) is 12.2. The van der Waals surface area contributed by atoms with E-state index >= 15 is 0 Å². The summed E-state index contributed by atoms with van der Waals surface area (Å²) < 4.78 is 0. The Kier molecular flexibility index (Phi) is 11.2. The van der Waals surface area contributed by atoms with Crippen LogP contribution in [0.5, 0.6) is 0 Å². The van der Waals surface area contributed by atoms with Crippen LogP contribution in [0.4, 0.5) is 11.4 Å². The Morgan fingerprint density at radius 1 is 0.613 bits per heavy atom. The maximum atomic E-state index is 12.8. The van der Waals surface area contributed by atoms with Crippen LogP contribution in [-0.4, -0.2) is 33.5 Å². The molecule has 170 valence electrons. The normalized spacial score (nSPS) is 10.8. The van der Waals surface area contributed by atoms with Gasteiger partial charge in [-0.15, -0.1) is 0 Å². The topological polar surface area (TPSA) is 23.6 Å². The van der Waals surface area contributed by atoms with Gasteiger partial charge in [-0.1, -0.05) is 64.7 Å². The van der Waals surface area contributed by atoms with Crippen molar-refractivity contribution in [1.82, 2.24) is 0 Å². The molecular weight excluding hydrogens is 380 g/mol. The Morgan fingerprint density at radius 3 is 1.48 bits per heavy atom. The monoisotopic (exact) mass is 422 g/mol. The molecule has 0 saturated heterocycles. The summed E-state index contributed by atoms with van der Waals surface area (Å²) in [5.74, 6) is 0.0780. The number of benzene rings is 2. The molecule has 0 radical (unpaired) electrons. The van der Waals surface area contributed by atoms with Crippen LogP contribution >= 0.6 is 0 Å². The molecule has 0 aliphatic carbocycles. The summed E-state index contributed by atoms with van der Waals surface area (Å²) >= 11 is 0. The van der Waals surface area contributed by atoms with Gasteiger partial charge in [0.15, 0.2) is 5.78 Å². The van der Waals surface area contributed by atoms with E-state index in [9.17, 15) is 4.79 Å². The lowest BCUT2D eigenvalue weighted by atomic mass is 10.0. The molecule has 2 aromatic carbocycles. The lowest BCUT2D eigenvalue weighted by Gasteiger charge is -2.19. The SMILES string of the molecule is CCCCCCCCCCCCN(C)c1ccc(C(=O)c2ccc(N(C)C)cc2)cc1. The molecule has 2 rings (SSSR count). The summed E-state index contributed by atoms with van der Waals surface area (Å²) in [4.78, 5) is 17.1. The Labute approximate surface area is 190 Å². The van der Waals surface area contributed by atoms with Crippen LogP contribution < -0.4 is 9.80 Å². The zero-order valence-electron chi connectivity index (χ0n) is 20.2. The highest BCUT2D eigenvalue weighted by molar-refractivity contribution is 6.09. The van der Waals surface area contributed by atoms with Gasteiger partial charge < -0.3 is 9.80 Å². The van der Waals surface area contributed by atoms with Crippen molar-refractivity contribution in [1.29, 1.82) is 0 Å². The average molecular weight is 423 g/mol. The number of hydrogen-bond donors (Lipinski definition) is 0. The number of carbonyl (C=O) groups excluding carboxylic acids is 1. The highest BCUT2D eigenvalue weighted by Crippen LogP contribution is 2.19. The van der Waals surface area contributed by atoms with Gasteiger partial charge in [0.25, 0.3) is 0 Å². The molecule has 3 nitrogen and oxygen atoms in total. The van der Waals surface area contributed by atoms with Crippen LogP contribution in [0.2, 0.25) is 0 Å². The van der Waals surface area contributed by atoms with Gasteiger partial charge in [0.05, 0.1) is 0 Å². The fraction of sp³-hybridized carbons (Fsp3) is 0.536. The minimum atomic E-state index is 0.0780. The number of hydrogen-bond acceptors (Lipinski definition) is 3. The number of anilines is 2. The molecule has 0 spiro atoms. The highest BCUT2D eigenvalue weighted by atomic mass is 16.1. The second kappa shape index (κ2) is 13.9.